The Hall–Kier alpha value is -3.17. The summed E-state index contributed by atoms with van der Waals surface area (Å²) in [6, 6.07) is 1.62. The molecule has 1 saturated heterocycles. The zero-order valence-electron chi connectivity index (χ0n) is 18.7. The Morgan fingerprint density at radius 1 is 1.19 bits per heavy atom. The second-order valence-corrected chi connectivity index (χ2v) is 9.42. The third kappa shape index (κ3) is 3.28. The Labute approximate surface area is 185 Å². The van der Waals surface area contributed by atoms with Crippen LogP contribution in [-0.2, 0) is 24.9 Å². The van der Waals surface area contributed by atoms with E-state index >= 15 is 0 Å². The maximum atomic E-state index is 13.4. The molecule has 0 saturated carbocycles. The number of fused-ring (bicyclic) bond motifs is 3. The fourth-order valence-electron chi connectivity index (χ4n) is 5.14. The van der Waals surface area contributed by atoms with E-state index in [0.29, 0.717) is 43.9 Å². The van der Waals surface area contributed by atoms with Gasteiger partial charge in [0.05, 0.1) is 17.8 Å². The number of amides is 3. The number of hydrogen-bond donors (Lipinski definition) is 1. The first-order valence-corrected chi connectivity index (χ1v) is 11.2. The topological polar surface area (TPSA) is 114 Å². The Balaban J connectivity index is 1.40. The molecule has 5 heterocycles. The Kier molecular flexibility index (Phi) is 4.83. The molecule has 2 aromatic rings. The van der Waals surface area contributed by atoms with Crippen LogP contribution in [0, 0.1) is 6.92 Å². The molecule has 0 unspecified atom stereocenters. The van der Waals surface area contributed by atoms with Crippen molar-refractivity contribution in [1.29, 1.82) is 0 Å². The highest BCUT2D eigenvalue weighted by atomic mass is 16.5. The minimum atomic E-state index is -0.270. The van der Waals surface area contributed by atoms with E-state index in [-0.39, 0.29) is 41.2 Å². The van der Waals surface area contributed by atoms with Crippen LogP contribution >= 0.6 is 0 Å². The van der Waals surface area contributed by atoms with Crippen molar-refractivity contribution < 1.29 is 14.1 Å². The summed E-state index contributed by atoms with van der Waals surface area (Å²) in [7, 11) is 0. The number of nitrogens with zero attached hydrogens (tertiary/aromatic N) is 5. The van der Waals surface area contributed by atoms with Crippen LogP contribution in [0.3, 0.4) is 0 Å². The molecule has 1 N–H and O–H groups in total. The number of hydrogen-bond acceptors (Lipinski definition) is 6. The molecule has 3 aliphatic heterocycles. The molecule has 1 fully saturated rings. The van der Waals surface area contributed by atoms with Crippen molar-refractivity contribution in [1.82, 2.24) is 29.8 Å². The first kappa shape index (κ1) is 20.7. The highest BCUT2D eigenvalue weighted by molar-refractivity contribution is 5.92. The Morgan fingerprint density at radius 2 is 1.97 bits per heavy atom. The second kappa shape index (κ2) is 7.46. The highest BCUT2D eigenvalue weighted by Crippen LogP contribution is 2.41. The quantitative estimate of drug-likeness (QED) is 0.751. The van der Waals surface area contributed by atoms with Crippen LogP contribution in [-0.4, -0.2) is 62.1 Å². The normalized spacial score (nSPS) is 21.9. The summed E-state index contributed by atoms with van der Waals surface area (Å²) in [6.07, 6.45) is 2.12. The number of aryl methyl sites for hydroxylation is 1. The minimum Gasteiger partial charge on any atom is -0.361 e. The molecule has 0 aromatic carbocycles. The van der Waals surface area contributed by atoms with E-state index in [0.717, 1.165) is 24.4 Å². The zero-order valence-corrected chi connectivity index (χ0v) is 18.7. The standard InChI is InChI=1S/C22H28N6O4/c1-13(2)23-21(31)27-8-5-22(12-27)6-9-28-18(29)15-11-26(7-4-16(15)24-20(22)28)19(30)17-10-14(3)32-25-17/h10,13H,4-9,11-12H2,1-3H3,(H,23,31)/t22-/m1/s1. The molecular formula is C22H28N6O4. The summed E-state index contributed by atoms with van der Waals surface area (Å²) < 4.78 is 6.78. The van der Waals surface area contributed by atoms with Crippen LogP contribution in [0.4, 0.5) is 4.79 Å². The first-order valence-electron chi connectivity index (χ1n) is 11.2. The zero-order chi connectivity index (χ0) is 22.6. The van der Waals surface area contributed by atoms with Gasteiger partial charge in [0.25, 0.3) is 11.5 Å². The molecule has 2 aromatic heterocycles. The van der Waals surface area contributed by atoms with Crippen LogP contribution in [0.1, 0.15) is 60.0 Å². The number of aromatic nitrogens is 3. The molecule has 5 rings (SSSR count). The van der Waals surface area contributed by atoms with E-state index in [1.165, 1.54) is 0 Å². The average Bonchev–Trinajstić information content (AvgIpc) is 3.47. The van der Waals surface area contributed by atoms with E-state index in [2.05, 4.69) is 10.5 Å². The summed E-state index contributed by atoms with van der Waals surface area (Å²) in [6.45, 7) is 8.15. The Bertz CT molecular complexity index is 1150. The molecule has 0 bridgehead atoms. The van der Waals surface area contributed by atoms with E-state index < -0.39 is 0 Å². The predicted molar refractivity (Wildman–Crippen MR) is 114 cm³/mol. The largest absolute Gasteiger partial charge is 0.361 e. The van der Waals surface area contributed by atoms with Crippen LogP contribution in [0.25, 0.3) is 0 Å². The van der Waals surface area contributed by atoms with Crippen LogP contribution in [0.15, 0.2) is 15.4 Å². The van der Waals surface area contributed by atoms with Gasteiger partial charge in [0, 0.05) is 50.1 Å². The van der Waals surface area contributed by atoms with Gasteiger partial charge in [-0.05, 0) is 33.6 Å². The van der Waals surface area contributed by atoms with Crippen molar-refractivity contribution in [3.8, 4) is 0 Å². The van der Waals surface area contributed by atoms with E-state index in [1.54, 1.807) is 22.5 Å². The van der Waals surface area contributed by atoms with Crippen LogP contribution < -0.4 is 10.9 Å². The van der Waals surface area contributed by atoms with Crippen molar-refractivity contribution in [3.05, 3.63) is 45.0 Å². The summed E-state index contributed by atoms with van der Waals surface area (Å²) in [5, 5.41) is 6.77. The molecule has 3 aliphatic rings. The van der Waals surface area contributed by atoms with Gasteiger partial charge in [0.15, 0.2) is 5.69 Å². The van der Waals surface area contributed by atoms with E-state index in [4.69, 9.17) is 9.51 Å². The number of urea groups is 1. The smallest absolute Gasteiger partial charge is 0.317 e. The number of carbonyl (C=O) groups is 2. The Morgan fingerprint density at radius 3 is 2.69 bits per heavy atom. The number of likely N-dealkylation sites (tertiary alicyclic amines) is 1. The van der Waals surface area contributed by atoms with Gasteiger partial charge in [-0.25, -0.2) is 9.78 Å². The van der Waals surface area contributed by atoms with E-state index in [1.807, 2.05) is 18.7 Å². The third-order valence-electron chi connectivity index (χ3n) is 6.79. The van der Waals surface area contributed by atoms with Crippen molar-refractivity contribution >= 4 is 11.9 Å². The van der Waals surface area contributed by atoms with Crippen LogP contribution in [0.5, 0.6) is 0 Å². The molecule has 0 radical (unpaired) electrons. The molecule has 10 heteroatoms. The fraction of sp³-hybridized carbons (Fsp3) is 0.591. The van der Waals surface area contributed by atoms with Gasteiger partial charge in [-0.15, -0.1) is 0 Å². The number of nitrogens with one attached hydrogen (secondary N) is 1. The molecule has 32 heavy (non-hydrogen) atoms. The van der Waals surface area contributed by atoms with Crippen molar-refractivity contribution in [2.24, 2.45) is 0 Å². The lowest BCUT2D eigenvalue weighted by atomic mass is 9.85. The molecule has 170 valence electrons. The molecular weight excluding hydrogens is 412 g/mol. The lowest BCUT2D eigenvalue weighted by Gasteiger charge is -2.29. The summed E-state index contributed by atoms with van der Waals surface area (Å²) in [5.74, 6) is 1.13. The summed E-state index contributed by atoms with van der Waals surface area (Å²) in [4.78, 5) is 47.1. The predicted octanol–water partition coefficient (Wildman–Crippen LogP) is 1.20. The summed E-state index contributed by atoms with van der Waals surface area (Å²) >= 11 is 0. The maximum Gasteiger partial charge on any atom is 0.317 e. The molecule has 1 spiro atoms. The van der Waals surface area contributed by atoms with Gasteiger partial charge in [-0.2, -0.15) is 0 Å². The molecule has 3 amide bonds. The third-order valence-corrected chi connectivity index (χ3v) is 6.79. The average molecular weight is 441 g/mol. The van der Waals surface area contributed by atoms with Crippen molar-refractivity contribution in [2.75, 3.05) is 19.6 Å². The van der Waals surface area contributed by atoms with Crippen molar-refractivity contribution in [3.63, 3.8) is 0 Å². The molecule has 10 nitrogen and oxygen atoms in total. The minimum absolute atomic E-state index is 0.0621. The van der Waals surface area contributed by atoms with E-state index in [9.17, 15) is 14.4 Å². The molecule has 0 aliphatic carbocycles. The van der Waals surface area contributed by atoms with Gasteiger partial charge in [-0.1, -0.05) is 5.16 Å². The van der Waals surface area contributed by atoms with Gasteiger partial charge in [0.1, 0.15) is 11.6 Å². The highest BCUT2D eigenvalue weighted by Gasteiger charge is 2.48. The molecule has 1 atom stereocenters. The maximum absolute atomic E-state index is 13.4. The van der Waals surface area contributed by atoms with Gasteiger partial charge < -0.3 is 19.6 Å². The number of rotatable bonds is 2. The lowest BCUT2D eigenvalue weighted by molar-refractivity contribution is 0.0721. The summed E-state index contributed by atoms with van der Waals surface area (Å²) in [5.41, 5.74) is 1.27. The second-order valence-electron chi connectivity index (χ2n) is 9.42. The first-order chi connectivity index (χ1) is 15.3. The fourth-order valence-corrected chi connectivity index (χ4v) is 5.14. The monoisotopic (exact) mass is 440 g/mol. The van der Waals surface area contributed by atoms with Crippen molar-refractivity contribution in [2.45, 2.75) is 64.6 Å². The van der Waals surface area contributed by atoms with Gasteiger partial charge in [0.2, 0.25) is 0 Å². The van der Waals surface area contributed by atoms with Crippen LogP contribution in [0.2, 0.25) is 0 Å². The van der Waals surface area contributed by atoms with Gasteiger partial charge >= 0.3 is 6.03 Å². The van der Waals surface area contributed by atoms with Gasteiger partial charge in [-0.3, -0.25) is 14.2 Å². The number of carbonyl (C=O) groups excluding carboxylic acids is 2. The lowest BCUT2D eigenvalue weighted by Crippen LogP contribution is -2.44. The SMILES string of the molecule is Cc1cc(C(=O)N2CCc3nc4n(c(=O)c3C2)CC[C@@]42CCN(C(=O)NC(C)C)C2)no1.